The van der Waals surface area contributed by atoms with Crippen LogP contribution in [-0.2, 0) is 4.79 Å². The summed E-state index contributed by atoms with van der Waals surface area (Å²) in [5.41, 5.74) is 1.11. The Hall–Kier alpha value is -1.43. The highest BCUT2D eigenvalue weighted by Crippen LogP contribution is 2.26. The summed E-state index contributed by atoms with van der Waals surface area (Å²) in [6, 6.07) is 7.69. The van der Waals surface area contributed by atoms with Crippen LogP contribution in [0.2, 0.25) is 0 Å². The van der Waals surface area contributed by atoms with Gasteiger partial charge in [0.25, 0.3) is 0 Å². The maximum absolute atomic E-state index is 12.9. The predicted molar refractivity (Wildman–Crippen MR) is 85.5 cm³/mol. The third-order valence-corrected chi connectivity index (χ3v) is 4.44. The lowest BCUT2D eigenvalue weighted by Crippen LogP contribution is -2.51. The Morgan fingerprint density at radius 2 is 1.82 bits per heavy atom. The van der Waals surface area contributed by atoms with Gasteiger partial charge in [0.15, 0.2) is 0 Å². The summed E-state index contributed by atoms with van der Waals surface area (Å²) >= 11 is 0. The van der Waals surface area contributed by atoms with E-state index in [1.807, 2.05) is 50.2 Å². The molecular formula is C17H26N2O3. The number of rotatable bonds is 4. The number of benzene rings is 1. The van der Waals surface area contributed by atoms with Crippen LogP contribution >= 0.6 is 0 Å². The SMILES string of the molecule is Cc1ccc(C(C(=O)N2CCC(O)(CO)CC2)N(C)C)cc1. The first-order valence-corrected chi connectivity index (χ1v) is 7.71. The molecule has 1 aromatic rings. The van der Waals surface area contributed by atoms with Gasteiger partial charge in [-0.2, -0.15) is 0 Å². The van der Waals surface area contributed by atoms with Crippen LogP contribution < -0.4 is 0 Å². The number of likely N-dealkylation sites (N-methyl/N-ethyl adjacent to an activating group) is 1. The van der Waals surface area contributed by atoms with Gasteiger partial charge in [-0.25, -0.2) is 0 Å². The van der Waals surface area contributed by atoms with Crippen molar-refractivity contribution in [2.45, 2.75) is 31.4 Å². The van der Waals surface area contributed by atoms with Gasteiger partial charge in [-0.1, -0.05) is 29.8 Å². The van der Waals surface area contributed by atoms with Crippen molar-refractivity contribution in [2.75, 3.05) is 33.8 Å². The van der Waals surface area contributed by atoms with E-state index in [1.165, 1.54) is 5.56 Å². The first-order valence-electron chi connectivity index (χ1n) is 7.71. The largest absolute Gasteiger partial charge is 0.393 e. The van der Waals surface area contributed by atoms with Crippen LogP contribution in [0.3, 0.4) is 0 Å². The zero-order valence-electron chi connectivity index (χ0n) is 13.6. The van der Waals surface area contributed by atoms with Crippen molar-refractivity contribution in [3.63, 3.8) is 0 Å². The van der Waals surface area contributed by atoms with Crippen molar-refractivity contribution in [2.24, 2.45) is 0 Å². The average molecular weight is 306 g/mol. The highest BCUT2D eigenvalue weighted by molar-refractivity contribution is 5.83. The first kappa shape index (κ1) is 16.9. The van der Waals surface area contributed by atoms with Gasteiger partial charge in [0, 0.05) is 13.1 Å². The zero-order chi connectivity index (χ0) is 16.3. The number of piperidine rings is 1. The third kappa shape index (κ3) is 3.66. The van der Waals surface area contributed by atoms with Crippen molar-refractivity contribution in [1.82, 2.24) is 9.80 Å². The molecule has 2 rings (SSSR count). The van der Waals surface area contributed by atoms with E-state index < -0.39 is 5.60 Å². The minimum absolute atomic E-state index is 0.0499. The smallest absolute Gasteiger partial charge is 0.244 e. The molecular weight excluding hydrogens is 280 g/mol. The lowest BCUT2D eigenvalue weighted by atomic mass is 9.91. The maximum Gasteiger partial charge on any atom is 0.244 e. The summed E-state index contributed by atoms with van der Waals surface area (Å²) in [6.45, 7) is 2.74. The van der Waals surface area contributed by atoms with Gasteiger partial charge in [0.1, 0.15) is 6.04 Å². The Morgan fingerprint density at radius 3 is 2.27 bits per heavy atom. The van der Waals surface area contributed by atoms with Crippen molar-refractivity contribution in [1.29, 1.82) is 0 Å². The fraction of sp³-hybridized carbons (Fsp3) is 0.588. The molecule has 1 aliphatic rings. The van der Waals surface area contributed by atoms with E-state index in [0.717, 1.165) is 5.56 Å². The fourth-order valence-electron chi connectivity index (χ4n) is 2.88. The zero-order valence-corrected chi connectivity index (χ0v) is 13.6. The summed E-state index contributed by atoms with van der Waals surface area (Å²) in [5, 5.41) is 19.3. The minimum Gasteiger partial charge on any atom is -0.393 e. The van der Waals surface area contributed by atoms with Gasteiger partial charge in [-0.05, 0) is 39.4 Å². The van der Waals surface area contributed by atoms with E-state index >= 15 is 0 Å². The highest BCUT2D eigenvalue weighted by Gasteiger charge is 2.36. The number of aliphatic hydroxyl groups excluding tert-OH is 1. The molecule has 0 bridgehead atoms. The summed E-state index contributed by atoms with van der Waals surface area (Å²) < 4.78 is 0. The second-order valence-electron chi connectivity index (χ2n) is 6.48. The summed E-state index contributed by atoms with van der Waals surface area (Å²) in [4.78, 5) is 16.6. The van der Waals surface area contributed by atoms with Gasteiger partial charge < -0.3 is 15.1 Å². The molecule has 1 aliphatic heterocycles. The normalized spacial score (nSPS) is 19.3. The highest BCUT2D eigenvalue weighted by atomic mass is 16.3. The molecule has 5 heteroatoms. The molecule has 2 N–H and O–H groups in total. The standard InChI is InChI=1S/C17H26N2O3/c1-13-4-6-14(7-5-13)15(18(2)3)16(21)19-10-8-17(22,12-20)9-11-19/h4-7,15,20,22H,8-12H2,1-3H3. The Bertz CT molecular complexity index is 505. The van der Waals surface area contributed by atoms with Crippen LogP contribution in [0, 0.1) is 6.92 Å². The van der Waals surface area contributed by atoms with Crippen LogP contribution in [-0.4, -0.2) is 65.3 Å². The number of carbonyl (C=O) groups excluding carboxylic acids is 1. The van der Waals surface area contributed by atoms with Gasteiger partial charge in [0.05, 0.1) is 12.2 Å². The van der Waals surface area contributed by atoms with Crippen LogP contribution in [0.4, 0.5) is 0 Å². The van der Waals surface area contributed by atoms with E-state index in [4.69, 9.17) is 0 Å². The maximum atomic E-state index is 12.9. The van der Waals surface area contributed by atoms with Crippen LogP contribution in [0.5, 0.6) is 0 Å². The van der Waals surface area contributed by atoms with Crippen molar-refractivity contribution in [3.8, 4) is 0 Å². The number of hydrogen-bond acceptors (Lipinski definition) is 4. The molecule has 1 unspecified atom stereocenters. The lowest BCUT2D eigenvalue weighted by Gasteiger charge is -2.39. The van der Waals surface area contributed by atoms with E-state index in [9.17, 15) is 15.0 Å². The number of nitrogens with zero attached hydrogens (tertiary/aromatic N) is 2. The molecule has 5 nitrogen and oxygen atoms in total. The topological polar surface area (TPSA) is 64.0 Å². The number of aliphatic hydroxyl groups is 2. The van der Waals surface area contributed by atoms with Gasteiger partial charge in [-0.3, -0.25) is 9.69 Å². The van der Waals surface area contributed by atoms with Crippen molar-refractivity contribution < 1.29 is 15.0 Å². The lowest BCUT2D eigenvalue weighted by molar-refractivity contribution is -0.142. The molecule has 0 aromatic heterocycles. The monoisotopic (exact) mass is 306 g/mol. The molecule has 22 heavy (non-hydrogen) atoms. The van der Waals surface area contributed by atoms with Gasteiger partial charge in [0.2, 0.25) is 5.91 Å². The van der Waals surface area contributed by atoms with E-state index in [1.54, 1.807) is 4.90 Å². The predicted octanol–water partition coefficient (Wildman–Crippen LogP) is 0.944. The summed E-state index contributed by atoms with van der Waals surface area (Å²) in [7, 11) is 3.80. The molecule has 122 valence electrons. The Morgan fingerprint density at radius 1 is 1.27 bits per heavy atom. The van der Waals surface area contributed by atoms with E-state index in [-0.39, 0.29) is 18.6 Å². The van der Waals surface area contributed by atoms with E-state index in [0.29, 0.717) is 25.9 Å². The molecule has 1 saturated heterocycles. The Balaban J connectivity index is 2.13. The number of amides is 1. The number of aryl methyl sites for hydroxylation is 1. The Kier molecular flexibility index (Phi) is 5.21. The minimum atomic E-state index is -1.03. The summed E-state index contributed by atoms with van der Waals surface area (Å²) in [6.07, 6.45) is 0.840. The fourth-order valence-corrected chi connectivity index (χ4v) is 2.88. The first-order chi connectivity index (χ1) is 10.4. The quantitative estimate of drug-likeness (QED) is 0.869. The third-order valence-electron chi connectivity index (χ3n) is 4.44. The molecule has 0 radical (unpaired) electrons. The van der Waals surface area contributed by atoms with Crippen LogP contribution in [0.1, 0.15) is 30.0 Å². The molecule has 0 spiro atoms. The van der Waals surface area contributed by atoms with Gasteiger partial charge in [-0.15, -0.1) is 0 Å². The molecule has 1 aromatic carbocycles. The molecule has 1 atom stereocenters. The second kappa shape index (κ2) is 6.77. The molecule has 0 saturated carbocycles. The van der Waals surface area contributed by atoms with E-state index in [2.05, 4.69) is 0 Å². The molecule has 0 aliphatic carbocycles. The number of hydrogen-bond donors (Lipinski definition) is 2. The van der Waals surface area contributed by atoms with Crippen LogP contribution in [0.15, 0.2) is 24.3 Å². The second-order valence-corrected chi connectivity index (χ2v) is 6.48. The van der Waals surface area contributed by atoms with Crippen molar-refractivity contribution >= 4 is 5.91 Å². The van der Waals surface area contributed by atoms with Crippen LogP contribution in [0.25, 0.3) is 0 Å². The number of carbonyl (C=O) groups is 1. The van der Waals surface area contributed by atoms with Crippen molar-refractivity contribution in [3.05, 3.63) is 35.4 Å². The van der Waals surface area contributed by atoms with Gasteiger partial charge >= 0.3 is 0 Å². The average Bonchev–Trinajstić information content (AvgIpc) is 2.50. The Labute approximate surface area is 132 Å². The molecule has 1 heterocycles. The molecule has 1 amide bonds. The number of likely N-dealkylation sites (tertiary alicyclic amines) is 1. The summed E-state index contributed by atoms with van der Waals surface area (Å²) in [5.74, 6) is 0.0499. The molecule has 1 fully saturated rings.